The van der Waals surface area contributed by atoms with Gasteiger partial charge in [-0.05, 0) is 76.1 Å². The summed E-state index contributed by atoms with van der Waals surface area (Å²) in [7, 11) is 1.98. The standard InChI is InChI=1S/C32H41N3O5/c1-4-38-34(3)31-28-15-14-27(40-26-16-18-37-19-17-26)20-29(28)35(25-6-5-7-25)30(31)23-10-12-24(13-11-23)33-32(36)39-21(2)22-8-9-22/h10-15,20-22,25-26H,4-9,16-19H2,1-3H3,(H,33,36). The van der Waals surface area contributed by atoms with E-state index in [1.807, 2.05) is 38.1 Å². The van der Waals surface area contributed by atoms with Crippen molar-refractivity contribution in [3.05, 3.63) is 42.5 Å². The van der Waals surface area contributed by atoms with Crippen molar-refractivity contribution in [3.63, 3.8) is 0 Å². The number of hydrogen-bond donors (Lipinski definition) is 1. The summed E-state index contributed by atoms with van der Waals surface area (Å²) in [5.74, 6) is 1.40. The largest absolute Gasteiger partial charge is 0.490 e. The Morgan fingerprint density at radius 3 is 2.48 bits per heavy atom. The van der Waals surface area contributed by atoms with Crippen LogP contribution in [0, 0.1) is 5.92 Å². The number of nitrogens with one attached hydrogen (secondary N) is 1. The average molecular weight is 548 g/mol. The third kappa shape index (κ3) is 5.65. The SMILES string of the molecule is CCON(C)c1c(-c2ccc(NC(=O)OC(C)C3CC3)cc2)n(C2CCC2)c2cc(OC3CCOCC3)ccc12. The third-order valence-electron chi connectivity index (χ3n) is 8.48. The van der Waals surface area contributed by atoms with Gasteiger partial charge in [-0.25, -0.2) is 4.79 Å². The van der Waals surface area contributed by atoms with Crippen LogP contribution in [0.2, 0.25) is 0 Å². The van der Waals surface area contributed by atoms with E-state index in [9.17, 15) is 4.79 Å². The monoisotopic (exact) mass is 547 g/mol. The highest BCUT2D eigenvalue weighted by Gasteiger charge is 2.31. The lowest BCUT2D eigenvalue weighted by Crippen LogP contribution is -2.25. The van der Waals surface area contributed by atoms with Gasteiger partial charge in [0.2, 0.25) is 0 Å². The van der Waals surface area contributed by atoms with Crippen LogP contribution >= 0.6 is 0 Å². The lowest BCUT2D eigenvalue weighted by atomic mass is 9.92. The quantitative estimate of drug-likeness (QED) is 0.268. The van der Waals surface area contributed by atoms with Crippen molar-refractivity contribution in [2.24, 2.45) is 5.92 Å². The van der Waals surface area contributed by atoms with Crippen LogP contribution in [-0.2, 0) is 14.3 Å². The van der Waals surface area contributed by atoms with Crippen molar-refractivity contribution >= 4 is 28.4 Å². The maximum absolute atomic E-state index is 12.4. The molecule has 1 unspecified atom stereocenters. The molecule has 3 aliphatic rings. The highest BCUT2D eigenvalue weighted by atomic mass is 16.7. The lowest BCUT2D eigenvalue weighted by molar-refractivity contribution is 0.0256. The van der Waals surface area contributed by atoms with E-state index in [0.717, 1.165) is 91.0 Å². The predicted octanol–water partition coefficient (Wildman–Crippen LogP) is 7.33. The summed E-state index contributed by atoms with van der Waals surface area (Å²) in [6.07, 6.45) is 7.36. The van der Waals surface area contributed by atoms with E-state index in [2.05, 4.69) is 40.2 Å². The maximum Gasteiger partial charge on any atom is 0.411 e. The van der Waals surface area contributed by atoms with Gasteiger partial charge in [0.25, 0.3) is 0 Å². The molecule has 2 aromatic carbocycles. The van der Waals surface area contributed by atoms with Crippen LogP contribution in [0.1, 0.15) is 64.8 Å². The number of carbonyl (C=O) groups is 1. The van der Waals surface area contributed by atoms with Crippen LogP contribution in [0.3, 0.4) is 0 Å². The van der Waals surface area contributed by atoms with Crippen LogP contribution in [0.25, 0.3) is 22.2 Å². The van der Waals surface area contributed by atoms with E-state index in [-0.39, 0.29) is 12.2 Å². The van der Waals surface area contributed by atoms with Gasteiger partial charge in [-0.1, -0.05) is 12.1 Å². The van der Waals surface area contributed by atoms with E-state index in [0.29, 0.717) is 18.6 Å². The van der Waals surface area contributed by atoms with Gasteiger partial charge in [0, 0.05) is 48.6 Å². The average Bonchev–Trinajstić information content (AvgIpc) is 3.73. The fourth-order valence-electron chi connectivity index (χ4n) is 5.90. The van der Waals surface area contributed by atoms with Crippen molar-refractivity contribution in [3.8, 4) is 17.0 Å². The molecule has 6 rings (SSSR count). The molecule has 1 N–H and O–H groups in total. The molecule has 1 aliphatic heterocycles. The Hall–Kier alpha value is -3.23. The number of nitrogens with zero attached hydrogens (tertiary/aromatic N) is 2. The zero-order valence-electron chi connectivity index (χ0n) is 23.9. The van der Waals surface area contributed by atoms with Crippen molar-refractivity contribution < 1.29 is 23.8 Å². The maximum atomic E-state index is 12.4. The normalized spacial score (nSPS) is 18.8. The number of rotatable bonds is 10. The molecule has 2 saturated carbocycles. The highest BCUT2D eigenvalue weighted by Crippen LogP contribution is 2.47. The number of benzene rings is 2. The number of hydrogen-bond acceptors (Lipinski definition) is 6. The zero-order valence-corrected chi connectivity index (χ0v) is 23.9. The van der Waals surface area contributed by atoms with E-state index in [4.69, 9.17) is 19.0 Å². The molecule has 0 spiro atoms. The molecule has 0 radical (unpaired) electrons. The predicted molar refractivity (Wildman–Crippen MR) is 157 cm³/mol. The highest BCUT2D eigenvalue weighted by molar-refractivity contribution is 6.03. The number of amides is 1. The summed E-state index contributed by atoms with van der Waals surface area (Å²) < 4.78 is 20.0. The van der Waals surface area contributed by atoms with Crippen molar-refractivity contribution in [2.45, 2.75) is 77.0 Å². The molecule has 3 fully saturated rings. The van der Waals surface area contributed by atoms with Crippen LogP contribution in [-0.4, -0.2) is 49.7 Å². The Labute approximate surface area is 236 Å². The summed E-state index contributed by atoms with van der Waals surface area (Å²) in [4.78, 5) is 18.5. The number of ether oxygens (including phenoxy) is 3. The smallest absolute Gasteiger partial charge is 0.411 e. The Morgan fingerprint density at radius 2 is 1.82 bits per heavy atom. The van der Waals surface area contributed by atoms with Gasteiger partial charge in [0.05, 0.1) is 36.7 Å². The van der Waals surface area contributed by atoms with E-state index in [1.165, 1.54) is 6.42 Å². The van der Waals surface area contributed by atoms with Gasteiger partial charge in [-0.2, -0.15) is 0 Å². The second-order valence-electron chi connectivity index (χ2n) is 11.3. The second-order valence-corrected chi connectivity index (χ2v) is 11.3. The van der Waals surface area contributed by atoms with Gasteiger partial charge in [-0.3, -0.25) is 15.2 Å². The number of hydroxylamine groups is 1. The van der Waals surface area contributed by atoms with Gasteiger partial charge < -0.3 is 18.8 Å². The van der Waals surface area contributed by atoms with Crippen LogP contribution in [0.15, 0.2) is 42.5 Å². The van der Waals surface area contributed by atoms with Crippen LogP contribution in [0.5, 0.6) is 5.75 Å². The summed E-state index contributed by atoms with van der Waals surface area (Å²) in [6, 6.07) is 14.9. The fraction of sp³-hybridized carbons (Fsp3) is 0.531. The Balaban J connectivity index is 1.35. The zero-order chi connectivity index (χ0) is 27.6. The molecule has 1 atom stereocenters. The van der Waals surface area contributed by atoms with Gasteiger partial charge in [0.15, 0.2) is 0 Å². The Kier molecular flexibility index (Phi) is 7.89. The molecule has 8 heteroatoms. The molecular formula is C32H41N3O5. The molecule has 2 heterocycles. The minimum absolute atomic E-state index is 0.0468. The first-order valence-electron chi connectivity index (χ1n) is 14.9. The molecule has 3 aromatic rings. The van der Waals surface area contributed by atoms with E-state index in [1.54, 1.807) is 0 Å². The number of aromatic nitrogens is 1. The first-order valence-corrected chi connectivity index (χ1v) is 14.9. The minimum atomic E-state index is -0.399. The number of anilines is 2. The number of carbonyl (C=O) groups excluding carboxylic acids is 1. The van der Waals surface area contributed by atoms with Gasteiger partial charge >= 0.3 is 6.09 Å². The van der Waals surface area contributed by atoms with Crippen LogP contribution < -0.4 is 15.1 Å². The topological polar surface area (TPSA) is 74.2 Å². The molecule has 1 amide bonds. The molecule has 40 heavy (non-hydrogen) atoms. The first-order chi connectivity index (χ1) is 19.5. The third-order valence-corrected chi connectivity index (χ3v) is 8.48. The van der Waals surface area contributed by atoms with Crippen molar-refractivity contribution in [1.82, 2.24) is 4.57 Å². The van der Waals surface area contributed by atoms with Crippen molar-refractivity contribution in [1.29, 1.82) is 0 Å². The molecule has 214 valence electrons. The van der Waals surface area contributed by atoms with Gasteiger partial charge in [-0.15, -0.1) is 0 Å². The van der Waals surface area contributed by atoms with Gasteiger partial charge in [0.1, 0.15) is 18.0 Å². The Morgan fingerprint density at radius 1 is 1.07 bits per heavy atom. The first kappa shape index (κ1) is 27.0. The molecule has 0 bridgehead atoms. The Bertz CT molecular complexity index is 1320. The van der Waals surface area contributed by atoms with Crippen LogP contribution in [0.4, 0.5) is 16.2 Å². The molecule has 1 saturated heterocycles. The molecular weight excluding hydrogens is 506 g/mol. The summed E-state index contributed by atoms with van der Waals surface area (Å²) >= 11 is 0. The van der Waals surface area contributed by atoms with E-state index >= 15 is 0 Å². The van der Waals surface area contributed by atoms with E-state index < -0.39 is 6.09 Å². The minimum Gasteiger partial charge on any atom is -0.490 e. The second kappa shape index (κ2) is 11.7. The summed E-state index contributed by atoms with van der Waals surface area (Å²) in [6.45, 7) is 6.05. The summed E-state index contributed by atoms with van der Waals surface area (Å²) in [5, 5.41) is 5.93. The fourth-order valence-corrected chi connectivity index (χ4v) is 5.90. The van der Waals surface area contributed by atoms with Crippen molar-refractivity contribution in [2.75, 3.05) is 37.2 Å². The lowest BCUT2D eigenvalue weighted by Gasteiger charge is -2.31. The number of fused-ring (bicyclic) bond motifs is 1. The molecule has 2 aliphatic carbocycles. The molecule has 1 aromatic heterocycles. The summed E-state index contributed by atoms with van der Waals surface area (Å²) in [5.41, 5.74) is 5.11. The molecule has 8 nitrogen and oxygen atoms in total.